The number of benzene rings is 1. The van der Waals surface area contributed by atoms with E-state index in [0.717, 1.165) is 12.0 Å². The Morgan fingerprint density at radius 3 is 2.50 bits per heavy atom. The van der Waals surface area contributed by atoms with Crippen LogP contribution in [0.1, 0.15) is 43.7 Å². The Kier molecular flexibility index (Phi) is 4.42. The highest BCUT2D eigenvalue weighted by Gasteiger charge is 2.29. The van der Waals surface area contributed by atoms with Crippen LogP contribution in [0.2, 0.25) is 0 Å². The van der Waals surface area contributed by atoms with Crippen LogP contribution < -0.4 is 0 Å². The van der Waals surface area contributed by atoms with Gasteiger partial charge in [-0.3, -0.25) is 0 Å². The SMILES string of the molecule is CCC(CO)c1cccc(C(F)(F)CC)c1. The Morgan fingerprint density at radius 1 is 1.31 bits per heavy atom. The second kappa shape index (κ2) is 5.39. The first-order chi connectivity index (χ1) is 7.55. The molecule has 1 atom stereocenters. The molecule has 90 valence electrons. The molecule has 0 bridgehead atoms. The molecule has 0 saturated carbocycles. The lowest BCUT2D eigenvalue weighted by atomic mass is 9.94. The van der Waals surface area contributed by atoms with Gasteiger partial charge in [-0.2, -0.15) is 0 Å². The lowest BCUT2D eigenvalue weighted by Gasteiger charge is -2.18. The smallest absolute Gasteiger partial charge is 0.273 e. The van der Waals surface area contributed by atoms with Crippen LogP contribution in [0.15, 0.2) is 24.3 Å². The summed E-state index contributed by atoms with van der Waals surface area (Å²) in [7, 11) is 0. The molecular formula is C13H18F2O. The number of hydrogen-bond donors (Lipinski definition) is 1. The lowest BCUT2D eigenvalue weighted by molar-refractivity contribution is -0.00840. The van der Waals surface area contributed by atoms with Gasteiger partial charge in [-0.25, -0.2) is 8.78 Å². The van der Waals surface area contributed by atoms with Crippen molar-refractivity contribution in [3.63, 3.8) is 0 Å². The standard InChI is InChI=1S/C13H18F2O/c1-3-10(9-16)11-6-5-7-12(8-11)13(14,15)4-2/h5-8,10,16H,3-4,9H2,1-2H3. The largest absolute Gasteiger partial charge is 0.396 e. The number of alkyl halides is 2. The van der Waals surface area contributed by atoms with Gasteiger partial charge in [0.25, 0.3) is 5.92 Å². The van der Waals surface area contributed by atoms with Crippen molar-refractivity contribution in [1.29, 1.82) is 0 Å². The number of halogens is 2. The van der Waals surface area contributed by atoms with E-state index in [1.807, 2.05) is 6.92 Å². The molecule has 0 amide bonds. The first kappa shape index (κ1) is 13.1. The number of rotatable bonds is 5. The van der Waals surface area contributed by atoms with Gasteiger partial charge < -0.3 is 5.11 Å². The molecule has 0 aromatic heterocycles. The average Bonchev–Trinajstić information content (AvgIpc) is 2.31. The molecule has 1 nitrogen and oxygen atoms in total. The zero-order chi connectivity index (χ0) is 12.2. The number of hydrogen-bond acceptors (Lipinski definition) is 1. The van der Waals surface area contributed by atoms with E-state index in [2.05, 4.69) is 0 Å². The van der Waals surface area contributed by atoms with Gasteiger partial charge in [0.05, 0.1) is 0 Å². The minimum absolute atomic E-state index is 0.00233. The van der Waals surface area contributed by atoms with Crippen molar-refractivity contribution in [2.75, 3.05) is 6.61 Å². The summed E-state index contributed by atoms with van der Waals surface area (Å²) in [5, 5.41) is 9.14. The summed E-state index contributed by atoms with van der Waals surface area (Å²) in [4.78, 5) is 0. The van der Waals surface area contributed by atoms with E-state index in [-0.39, 0.29) is 24.5 Å². The summed E-state index contributed by atoms with van der Waals surface area (Å²) in [6.07, 6.45) is 0.546. The summed E-state index contributed by atoms with van der Waals surface area (Å²) < 4.78 is 26.9. The molecule has 1 unspecified atom stereocenters. The Labute approximate surface area is 95.1 Å². The van der Waals surface area contributed by atoms with Crippen LogP contribution in [0.25, 0.3) is 0 Å². The first-order valence-electron chi connectivity index (χ1n) is 5.64. The number of aliphatic hydroxyl groups is 1. The Balaban J connectivity index is 3.03. The van der Waals surface area contributed by atoms with Crippen LogP contribution >= 0.6 is 0 Å². The predicted octanol–water partition coefficient (Wildman–Crippen LogP) is 3.67. The van der Waals surface area contributed by atoms with Gasteiger partial charge in [-0.1, -0.05) is 32.0 Å². The molecule has 1 rings (SSSR count). The minimum atomic E-state index is -2.77. The van der Waals surface area contributed by atoms with Gasteiger partial charge in [0, 0.05) is 24.5 Å². The molecule has 16 heavy (non-hydrogen) atoms. The normalized spacial score (nSPS) is 13.8. The van der Waals surface area contributed by atoms with E-state index in [4.69, 9.17) is 5.11 Å². The fraction of sp³-hybridized carbons (Fsp3) is 0.538. The maximum Gasteiger partial charge on any atom is 0.273 e. The first-order valence-corrected chi connectivity index (χ1v) is 5.64. The Morgan fingerprint density at radius 2 is 2.00 bits per heavy atom. The molecule has 0 fully saturated rings. The molecular weight excluding hydrogens is 210 g/mol. The quantitative estimate of drug-likeness (QED) is 0.815. The third-order valence-electron chi connectivity index (χ3n) is 2.94. The van der Waals surface area contributed by atoms with E-state index >= 15 is 0 Å². The van der Waals surface area contributed by atoms with Crippen LogP contribution in [0.5, 0.6) is 0 Å². The highest BCUT2D eigenvalue weighted by atomic mass is 19.3. The van der Waals surface area contributed by atoms with Crippen LogP contribution in [-0.2, 0) is 5.92 Å². The summed E-state index contributed by atoms with van der Waals surface area (Å²) in [5.41, 5.74) is 0.829. The molecule has 0 aliphatic carbocycles. The van der Waals surface area contributed by atoms with E-state index < -0.39 is 5.92 Å². The third kappa shape index (κ3) is 2.79. The maximum atomic E-state index is 13.5. The molecule has 1 aromatic carbocycles. The van der Waals surface area contributed by atoms with E-state index in [1.165, 1.54) is 19.1 Å². The van der Waals surface area contributed by atoms with Gasteiger partial charge in [0.15, 0.2) is 0 Å². The Hall–Kier alpha value is -0.960. The molecule has 0 aliphatic rings. The van der Waals surface area contributed by atoms with Gasteiger partial charge >= 0.3 is 0 Å². The molecule has 3 heteroatoms. The van der Waals surface area contributed by atoms with Gasteiger partial charge in [-0.05, 0) is 18.1 Å². The topological polar surface area (TPSA) is 20.2 Å². The highest BCUT2D eigenvalue weighted by molar-refractivity contribution is 5.29. The van der Waals surface area contributed by atoms with Crippen molar-refractivity contribution >= 4 is 0 Å². The molecule has 0 aliphatic heterocycles. The van der Waals surface area contributed by atoms with Crippen molar-refractivity contribution in [2.45, 2.75) is 38.5 Å². The monoisotopic (exact) mass is 228 g/mol. The van der Waals surface area contributed by atoms with Gasteiger partial charge in [0.1, 0.15) is 0 Å². The fourth-order valence-corrected chi connectivity index (χ4v) is 1.69. The molecule has 0 radical (unpaired) electrons. The summed E-state index contributed by atoms with van der Waals surface area (Å²) in [6, 6.07) is 6.37. The van der Waals surface area contributed by atoms with Crippen LogP contribution in [0.3, 0.4) is 0 Å². The molecule has 1 N–H and O–H groups in total. The van der Waals surface area contributed by atoms with Crippen LogP contribution in [0.4, 0.5) is 8.78 Å². The molecule has 0 saturated heterocycles. The van der Waals surface area contributed by atoms with E-state index in [1.54, 1.807) is 12.1 Å². The molecule has 1 aromatic rings. The fourth-order valence-electron chi connectivity index (χ4n) is 1.69. The van der Waals surface area contributed by atoms with E-state index in [9.17, 15) is 8.78 Å². The van der Waals surface area contributed by atoms with Crippen molar-refractivity contribution in [3.8, 4) is 0 Å². The van der Waals surface area contributed by atoms with Crippen molar-refractivity contribution in [3.05, 3.63) is 35.4 Å². The minimum Gasteiger partial charge on any atom is -0.396 e. The van der Waals surface area contributed by atoms with E-state index in [0.29, 0.717) is 0 Å². The average molecular weight is 228 g/mol. The Bertz CT molecular complexity index is 332. The predicted molar refractivity (Wildman–Crippen MR) is 60.7 cm³/mol. The second-order valence-corrected chi connectivity index (χ2v) is 3.97. The highest BCUT2D eigenvalue weighted by Crippen LogP contribution is 2.33. The molecule has 0 spiro atoms. The molecule has 0 heterocycles. The van der Waals surface area contributed by atoms with Crippen LogP contribution in [0, 0.1) is 0 Å². The summed E-state index contributed by atoms with van der Waals surface area (Å²) >= 11 is 0. The maximum absolute atomic E-state index is 13.5. The van der Waals surface area contributed by atoms with Gasteiger partial charge in [0.2, 0.25) is 0 Å². The van der Waals surface area contributed by atoms with Crippen molar-refractivity contribution in [2.24, 2.45) is 0 Å². The number of aliphatic hydroxyl groups excluding tert-OH is 1. The van der Waals surface area contributed by atoms with Crippen LogP contribution in [-0.4, -0.2) is 11.7 Å². The van der Waals surface area contributed by atoms with Gasteiger partial charge in [-0.15, -0.1) is 0 Å². The zero-order valence-electron chi connectivity index (χ0n) is 9.71. The van der Waals surface area contributed by atoms with Crippen molar-refractivity contribution < 1.29 is 13.9 Å². The lowest BCUT2D eigenvalue weighted by Crippen LogP contribution is -2.12. The van der Waals surface area contributed by atoms with Crippen molar-refractivity contribution in [1.82, 2.24) is 0 Å². The summed E-state index contributed by atoms with van der Waals surface area (Å²) in [6.45, 7) is 3.40. The summed E-state index contributed by atoms with van der Waals surface area (Å²) in [5.74, 6) is -2.82. The zero-order valence-corrected chi connectivity index (χ0v) is 9.71. The second-order valence-electron chi connectivity index (χ2n) is 3.97. The third-order valence-corrected chi connectivity index (χ3v) is 2.94.